The van der Waals surface area contributed by atoms with Gasteiger partial charge in [-0.15, -0.1) is 0 Å². The molecule has 0 saturated carbocycles. The summed E-state index contributed by atoms with van der Waals surface area (Å²) in [5, 5.41) is 3.62. The van der Waals surface area contributed by atoms with Crippen molar-refractivity contribution in [3.63, 3.8) is 0 Å². The van der Waals surface area contributed by atoms with E-state index in [2.05, 4.69) is 52.9 Å². The van der Waals surface area contributed by atoms with Gasteiger partial charge in [-0.3, -0.25) is 4.98 Å². The SMILES string of the molecule is CCCNC(c1ncccc1CC)c1nccn1CCC. The lowest BCUT2D eigenvalue weighted by Crippen LogP contribution is -2.28. The summed E-state index contributed by atoms with van der Waals surface area (Å²) >= 11 is 0. The molecule has 0 saturated heterocycles. The number of nitrogens with one attached hydrogen (secondary N) is 1. The fourth-order valence-electron chi connectivity index (χ4n) is 2.62. The normalized spacial score (nSPS) is 12.5. The molecule has 2 aromatic rings. The zero-order valence-electron chi connectivity index (χ0n) is 13.3. The summed E-state index contributed by atoms with van der Waals surface area (Å²) in [6, 6.07) is 4.25. The molecule has 2 rings (SSSR count). The maximum Gasteiger partial charge on any atom is 0.132 e. The van der Waals surface area contributed by atoms with Crippen LogP contribution in [0.15, 0.2) is 30.7 Å². The Balaban J connectivity index is 2.40. The highest BCUT2D eigenvalue weighted by atomic mass is 15.1. The highest BCUT2D eigenvalue weighted by Crippen LogP contribution is 2.23. The van der Waals surface area contributed by atoms with Crippen LogP contribution in [0.3, 0.4) is 0 Å². The molecule has 0 spiro atoms. The van der Waals surface area contributed by atoms with Gasteiger partial charge in [0, 0.05) is 25.1 Å². The molecule has 0 radical (unpaired) electrons. The summed E-state index contributed by atoms with van der Waals surface area (Å²) in [4.78, 5) is 9.24. The molecule has 0 aliphatic rings. The van der Waals surface area contributed by atoms with Crippen LogP contribution in [0.25, 0.3) is 0 Å². The molecule has 114 valence electrons. The van der Waals surface area contributed by atoms with E-state index in [4.69, 9.17) is 0 Å². The van der Waals surface area contributed by atoms with Crippen molar-refractivity contribution in [3.05, 3.63) is 47.8 Å². The Morgan fingerprint density at radius 1 is 1.14 bits per heavy atom. The third kappa shape index (κ3) is 3.70. The zero-order chi connectivity index (χ0) is 15.1. The number of aromatic nitrogens is 3. The zero-order valence-corrected chi connectivity index (χ0v) is 13.3. The smallest absolute Gasteiger partial charge is 0.132 e. The van der Waals surface area contributed by atoms with E-state index in [1.54, 1.807) is 0 Å². The van der Waals surface area contributed by atoms with Crippen LogP contribution in [0.2, 0.25) is 0 Å². The molecule has 1 N–H and O–H groups in total. The fraction of sp³-hybridized carbons (Fsp3) is 0.529. The van der Waals surface area contributed by atoms with E-state index >= 15 is 0 Å². The van der Waals surface area contributed by atoms with Crippen molar-refractivity contribution in [1.29, 1.82) is 0 Å². The van der Waals surface area contributed by atoms with Crippen LogP contribution in [-0.4, -0.2) is 21.1 Å². The summed E-state index contributed by atoms with van der Waals surface area (Å²) < 4.78 is 2.24. The van der Waals surface area contributed by atoms with Gasteiger partial charge < -0.3 is 9.88 Å². The summed E-state index contributed by atoms with van der Waals surface area (Å²) in [6.45, 7) is 8.51. The second kappa shape index (κ2) is 7.93. The Morgan fingerprint density at radius 2 is 2.00 bits per heavy atom. The monoisotopic (exact) mass is 286 g/mol. The molecule has 2 heterocycles. The summed E-state index contributed by atoms with van der Waals surface area (Å²) in [6.07, 6.45) is 9.02. The van der Waals surface area contributed by atoms with Crippen LogP contribution in [0.1, 0.15) is 56.7 Å². The van der Waals surface area contributed by atoms with Crippen LogP contribution >= 0.6 is 0 Å². The van der Waals surface area contributed by atoms with Crippen molar-refractivity contribution in [2.24, 2.45) is 0 Å². The summed E-state index contributed by atoms with van der Waals surface area (Å²) in [5.41, 5.74) is 2.40. The first-order valence-corrected chi connectivity index (χ1v) is 7.99. The molecule has 4 nitrogen and oxygen atoms in total. The van der Waals surface area contributed by atoms with E-state index in [1.807, 2.05) is 18.5 Å². The van der Waals surface area contributed by atoms with Gasteiger partial charge in [0.2, 0.25) is 0 Å². The molecule has 1 unspecified atom stereocenters. The van der Waals surface area contributed by atoms with Gasteiger partial charge in [-0.25, -0.2) is 4.98 Å². The maximum atomic E-state index is 4.64. The Bertz CT molecular complexity index is 547. The van der Waals surface area contributed by atoms with Gasteiger partial charge in [0.1, 0.15) is 11.9 Å². The van der Waals surface area contributed by atoms with E-state index in [9.17, 15) is 0 Å². The van der Waals surface area contributed by atoms with E-state index in [-0.39, 0.29) is 6.04 Å². The van der Waals surface area contributed by atoms with E-state index in [0.717, 1.165) is 43.9 Å². The van der Waals surface area contributed by atoms with Gasteiger partial charge in [-0.2, -0.15) is 0 Å². The van der Waals surface area contributed by atoms with Gasteiger partial charge in [0.25, 0.3) is 0 Å². The van der Waals surface area contributed by atoms with Crippen molar-refractivity contribution in [2.45, 2.75) is 52.6 Å². The number of aryl methyl sites for hydroxylation is 2. The van der Waals surface area contributed by atoms with Crippen molar-refractivity contribution in [2.75, 3.05) is 6.54 Å². The fourth-order valence-corrected chi connectivity index (χ4v) is 2.62. The predicted molar refractivity (Wildman–Crippen MR) is 86.3 cm³/mol. The lowest BCUT2D eigenvalue weighted by atomic mass is 10.0. The van der Waals surface area contributed by atoms with Gasteiger partial charge in [0.05, 0.1) is 5.69 Å². The number of imidazole rings is 1. The minimum atomic E-state index is 0.0719. The Labute approximate surface area is 127 Å². The molecular weight excluding hydrogens is 260 g/mol. The highest BCUT2D eigenvalue weighted by molar-refractivity contribution is 5.27. The number of hydrogen-bond donors (Lipinski definition) is 1. The molecule has 4 heteroatoms. The number of nitrogens with zero attached hydrogens (tertiary/aromatic N) is 3. The lowest BCUT2D eigenvalue weighted by Gasteiger charge is -2.21. The van der Waals surface area contributed by atoms with E-state index < -0.39 is 0 Å². The quantitative estimate of drug-likeness (QED) is 0.809. The van der Waals surface area contributed by atoms with Crippen LogP contribution in [-0.2, 0) is 13.0 Å². The molecule has 0 fully saturated rings. The Kier molecular flexibility index (Phi) is 5.93. The van der Waals surface area contributed by atoms with Crippen molar-refractivity contribution in [3.8, 4) is 0 Å². The molecule has 0 aliphatic heterocycles. The first-order valence-electron chi connectivity index (χ1n) is 7.99. The molecule has 0 amide bonds. The van der Waals surface area contributed by atoms with Crippen LogP contribution < -0.4 is 5.32 Å². The van der Waals surface area contributed by atoms with E-state index in [0.29, 0.717) is 0 Å². The van der Waals surface area contributed by atoms with E-state index in [1.165, 1.54) is 5.56 Å². The second-order valence-electron chi connectivity index (χ2n) is 5.27. The Morgan fingerprint density at radius 3 is 2.71 bits per heavy atom. The lowest BCUT2D eigenvalue weighted by molar-refractivity contribution is 0.518. The topological polar surface area (TPSA) is 42.7 Å². The number of pyridine rings is 1. The first kappa shape index (κ1) is 15.7. The second-order valence-corrected chi connectivity index (χ2v) is 5.27. The average Bonchev–Trinajstić information content (AvgIpc) is 2.97. The Hall–Kier alpha value is -1.68. The largest absolute Gasteiger partial charge is 0.333 e. The predicted octanol–water partition coefficient (Wildman–Crippen LogP) is 3.34. The first-order chi connectivity index (χ1) is 10.3. The standard InChI is InChI=1S/C17H26N4/c1-4-9-18-16(15-14(6-3)8-7-10-19-15)17-20-11-13-21(17)12-5-2/h7-8,10-11,13,16,18H,4-6,9,12H2,1-3H3. The van der Waals surface area contributed by atoms with Crippen LogP contribution in [0.4, 0.5) is 0 Å². The molecule has 21 heavy (non-hydrogen) atoms. The summed E-state index contributed by atoms with van der Waals surface area (Å²) in [7, 11) is 0. The molecule has 0 aromatic carbocycles. The molecule has 1 atom stereocenters. The molecule has 2 aromatic heterocycles. The third-order valence-corrected chi connectivity index (χ3v) is 3.65. The van der Waals surface area contributed by atoms with Gasteiger partial charge >= 0.3 is 0 Å². The minimum absolute atomic E-state index is 0.0719. The summed E-state index contributed by atoms with van der Waals surface area (Å²) in [5.74, 6) is 1.07. The van der Waals surface area contributed by atoms with Crippen molar-refractivity contribution >= 4 is 0 Å². The van der Waals surface area contributed by atoms with Gasteiger partial charge in [0.15, 0.2) is 0 Å². The number of hydrogen-bond acceptors (Lipinski definition) is 3. The van der Waals surface area contributed by atoms with Crippen molar-refractivity contribution < 1.29 is 0 Å². The van der Waals surface area contributed by atoms with Crippen LogP contribution in [0.5, 0.6) is 0 Å². The number of rotatable bonds is 8. The minimum Gasteiger partial charge on any atom is -0.333 e. The van der Waals surface area contributed by atoms with Gasteiger partial charge in [-0.1, -0.05) is 26.8 Å². The molecule has 0 bridgehead atoms. The molecular formula is C17H26N4. The van der Waals surface area contributed by atoms with Crippen LogP contribution in [0, 0.1) is 0 Å². The highest BCUT2D eigenvalue weighted by Gasteiger charge is 2.21. The average molecular weight is 286 g/mol. The third-order valence-electron chi connectivity index (χ3n) is 3.65. The molecule has 0 aliphatic carbocycles. The van der Waals surface area contributed by atoms with Gasteiger partial charge in [-0.05, 0) is 37.4 Å². The maximum absolute atomic E-state index is 4.64. The van der Waals surface area contributed by atoms with Crippen molar-refractivity contribution in [1.82, 2.24) is 19.9 Å².